The van der Waals surface area contributed by atoms with Crippen molar-refractivity contribution in [3.8, 4) is 0 Å². The zero-order valence-electron chi connectivity index (χ0n) is 10.5. The number of rotatable bonds is 4. The number of hydrogen-bond acceptors (Lipinski definition) is 2. The van der Waals surface area contributed by atoms with Gasteiger partial charge in [-0.3, -0.25) is 0 Å². The molecule has 2 nitrogen and oxygen atoms in total. The first kappa shape index (κ1) is 13.2. The Morgan fingerprint density at radius 2 is 1.94 bits per heavy atom. The molecule has 0 aliphatic heterocycles. The molecule has 0 radical (unpaired) electrons. The molecule has 0 aromatic heterocycles. The average molecular weight is 241 g/mol. The monoisotopic (exact) mass is 240 g/mol. The second-order valence-corrected chi connectivity index (χ2v) is 5.17. The maximum absolute atomic E-state index is 6.02. The van der Waals surface area contributed by atoms with Gasteiger partial charge >= 0.3 is 0 Å². The lowest BCUT2D eigenvalue weighted by atomic mass is 10.0. The number of halogens is 1. The van der Waals surface area contributed by atoms with Crippen molar-refractivity contribution in [2.75, 3.05) is 17.7 Å². The third kappa shape index (κ3) is 3.05. The van der Waals surface area contributed by atoms with Crippen LogP contribution in [0.4, 0.5) is 11.4 Å². The van der Waals surface area contributed by atoms with E-state index in [4.69, 9.17) is 17.3 Å². The minimum Gasteiger partial charge on any atom is -0.396 e. The fraction of sp³-hybridized carbons (Fsp3) is 0.538. The van der Waals surface area contributed by atoms with Gasteiger partial charge in [0.1, 0.15) is 0 Å². The molecule has 1 aromatic rings. The Morgan fingerprint density at radius 3 is 2.50 bits per heavy atom. The molecule has 90 valence electrons. The van der Waals surface area contributed by atoms with Crippen molar-refractivity contribution in [2.24, 2.45) is 5.92 Å². The normalized spacial score (nSPS) is 12.9. The number of nitrogens with zero attached hydrogens (tertiary/aromatic N) is 1. The molecule has 0 saturated heterocycles. The van der Waals surface area contributed by atoms with E-state index in [0.29, 0.717) is 22.7 Å². The second kappa shape index (κ2) is 5.44. The SMILES string of the molecule is CC(C)CC(C)N(C)c1cccc(Cl)c1N. The molecule has 0 spiro atoms. The number of anilines is 2. The summed E-state index contributed by atoms with van der Waals surface area (Å²) in [5.41, 5.74) is 7.66. The van der Waals surface area contributed by atoms with E-state index < -0.39 is 0 Å². The predicted octanol–water partition coefficient (Wildman–Crippen LogP) is 3.79. The Bertz CT molecular complexity index is 350. The fourth-order valence-corrected chi connectivity index (χ4v) is 2.08. The standard InChI is InChI=1S/C13H21ClN2/c1-9(2)8-10(3)16(4)12-7-5-6-11(14)13(12)15/h5-7,9-10H,8,15H2,1-4H3. The van der Waals surface area contributed by atoms with Gasteiger partial charge in [-0.15, -0.1) is 0 Å². The molecule has 16 heavy (non-hydrogen) atoms. The van der Waals surface area contributed by atoms with Gasteiger partial charge in [0.2, 0.25) is 0 Å². The molecule has 2 N–H and O–H groups in total. The van der Waals surface area contributed by atoms with Crippen molar-refractivity contribution in [1.29, 1.82) is 0 Å². The predicted molar refractivity (Wildman–Crippen MR) is 73.2 cm³/mol. The molecule has 0 amide bonds. The van der Waals surface area contributed by atoms with Crippen molar-refractivity contribution < 1.29 is 0 Å². The van der Waals surface area contributed by atoms with Crippen LogP contribution < -0.4 is 10.6 Å². The van der Waals surface area contributed by atoms with Crippen molar-refractivity contribution in [3.63, 3.8) is 0 Å². The van der Waals surface area contributed by atoms with Gasteiger partial charge in [0.15, 0.2) is 0 Å². The zero-order chi connectivity index (χ0) is 12.3. The Labute approximate surface area is 103 Å². The van der Waals surface area contributed by atoms with E-state index in [1.165, 1.54) is 0 Å². The Kier molecular flexibility index (Phi) is 4.48. The second-order valence-electron chi connectivity index (χ2n) is 4.76. The highest BCUT2D eigenvalue weighted by Gasteiger charge is 2.14. The Morgan fingerprint density at radius 1 is 1.31 bits per heavy atom. The molecule has 3 heteroatoms. The summed E-state index contributed by atoms with van der Waals surface area (Å²) in [6, 6.07) is 6.23. The van der Waals surface area contributed by atoms with E-state index in [0.717, 1.165) is 12.1 Å². The van der Waals surface area contributed by atoms with E-state index in [1.54, 1.807) is 0 Å². The van der Waals surface area contributed by atoms with E-state index in [2.05, 4.69) is 32.7 Å². The lowest BCUT2D eigenvalue weighted by Gasteiger charge is -2.29. The highest BCUT2D eigenvalue weighted by atomic mass is 35.5. The maximum Gasteiger partial charge on any atom is 0.0741 e. The summed E-state index contributed by atoms with van der Waals surface area (Å²) in [7, 11) is 2.06. The third-order valence-electron chi connectivity index (χ3n) is 2.88. The first-order chi connectivity index (χ1) is 7.43. The van der Waals surface area contributed by atoms with Crippen LogP contribution in [0.1, 0.15) is 27.2 Å². The van der Waals surface area contributed by atoms with E-state index in [9.17, 15) is 0 Å². The van der Waals surface area contributed by atoms with Crippen LogP contribution in [0.5, 0.6) is 0 Å². The lowest BCUT2D eigenvalue weighted by molar-refractivity contribution is 0.504. The average Bonchev–Trinajstić information content (AvgIpc) is 2.20. The van der Waals surface area contributed by atoms with Gasteiger partial charge in [-0.25, -0.2) is 0 Å². The van der Waals surface area contributed by atoms with Crippen LogP contribution in [-0.4, -0.2) is 13.1 Å². The van der Waals surface area contributed by atoms with Crippen LogP contribution in [-0.2, 0) is 0 Å². The molecule has 0 saturated carbocycles. The molecule has 0 bridgehead atoms. The molecule has 1 aromatic carbocycles. The minimum atomic E-state index is 0.459. The topological polar surface area (TPSA) is 29.3 Å². The largest absolute Gasteiger partial charge is 0.396 e. The van der Waals surface area contributed by atoms with E-state index in [-0.39, 0.29) is 0 Å². The van der Waals surface area contributed by atoms with Crippen LogP contribution in [0.2, 0.25) is 5.02 Å². The summed E-state index contributed by atoms with van der Waals surface area (Å²) >= 11 is 6.02. The molecule has 1 atom stereocenters. The van der Waals surface area contributed by atoms with Crippen LogP contribution in [0.3, 0.4) is 0 Å². The Balaban J connectivity index is 2.87. The van der Waals surface area contributed by atoms with E-state index in [1.807, 2.05) is 18.2 Å². The lowest BCUT2D eigenvalue weighted by Crippen LogP contribution is -2.30. The van der Waals surface area contributed by atoms with Gasteiger partial charge in [-0.2, -0.15) is 0 Å². The van der Waals surface area contributed by atoms with Crippen LogP contribution in [0.25, 0.3) is 0 Å². The van der Waals surface area contributed by atoms with Crippen molar-refractivity contribution in [1.82, 2.24) is 0 Å². The Hall–Kier alpha value is -0.890. The zero-order valence-corrected chi connectivity index (χ0v) is 11.3. The number of nitrogen functional groups attached to an aromatic ring is 1. The number of nitrogens with two attached hydrogens (primary N) is 1. The van der Waals surface area contributed by atoms with E-state index >= 15 is 0 Å². The van der Waals surface area contributed by atoms with Crippen molar-refractivity contribution >= 4 is 23.0 Å². The molecule has 1 rings (SSSR count). The van der Waals surface area contributed by atoms with Crippen LogP contribution >= 0.6 is 11.6 Å². The van der Waals surface area contributed by atoms with Gasteiger partial charge in [-0.1, -0.05) is 31.5 Å². The quantitative estimate of drug-likeness (QED) is 0.812. The molecule has 0 fully saturated rings. The molecule has 0 heterocycles. The highest BCUT2D eigenvalue weighted by molar-refractivity contribution is 6.33. The summed E-state index contributed by atoms with van der Waals surface area (Å²) < 4.78 is 0. The smallest absolute Gasteiger partial charge is 0.0741 e. The van der Waals surface area contributed by atoms with Gasteiger partial charge in [0.05, 0.1) is 16.4 Å². The van der Waals surface area contributed by atoms with Gasteiger partial charge in [0, 0.05) is 13.1 Å². The highest BCUT2D eigenvalue weighted by Crippen LogP contribution is 2.31. The molecule has 0 aliphatic carbocycles. The maximum atomic E-state index is 6.02. The van der Waals surface area contributed by atoms with Crippen molar-refractivity contribution in [2.45, 2.75) is 33.2 Å². The van der Waals surface area contributed by atoms with Gasteiger partial charge in [0.25, 0.3) is 0 Å². The summed E-state index contributed by atoms with van der Waals surface area (Å²) in [6.45, 7) is 6.66. The molecule has 1 unspecified atom stereocenters. The summed E-state index contributed by atoms with van der Waals surface area (Å²) in [4.78, 5) is 2.20. The molecular formula is C13H21ClN2. The third-order valence-corrected chi connectivity index (χ3v) is 3.21. The summed E-state index contributed by atoms with van der Waals surface area (Å²) in [5.74, 6) is 0.679. The number of hydrogen-bond donors (Lipinski definition) is 1. The summed E-state index contributed by atoms with van der Waals surface area (Å²) in [6.07, 6.45) is 1.14. The first-order valence-corrected chi connectivity index (χ1v) is 6.08. The van der Waals surface area contributed by atoms with Crippen LogP contribution in [0.15, 0.2) is 18.2 Å². The number of para-hydroxylation sites is 1. The van der Waals surface area contributed by atoms with Crippen LogP contribution in [0, 0.1) is 5.92 Å². The molecule has 0 aliphatic rings. The fourth-order valence-electron chi connectivity index (χ4n) is 1.91. The van der Waals surface area contributed by atoms with Crippen molar-refractivity contribution in [3.05, 3.63) is 23.2 Å². The summed E-state index contributed by atoms with van der Waals surface area (Å²) in [5, 5.41) is 0.626. The number of benzene rings is 1. The van der Waals surface area contributed by atoms with Gasteiger partial charge < -0.3 is 10.6 Å². The van der Waals surface area contributed by atoms with Gasteiger partial charge in [-0.05, 0) is 31.4 Å². The molecular weight excluding hydrogens is 220 g/mol. The first-order valence-electron chi connectivity index (χ1n) is 5.70. The minimum absolute atomic E-state index is 0.459.